The van der Waals surface area contributed by atoms with E-state index in [0.29, 0.717) is 34.9 Å². The molecule has 7 aromatic carbocycles. The maximum absolute atomic E-state index is 9.55. The van der Waals surface area contributed by atoms with E-state index in [4.69, 9.17) is 21.5 Å². The lowest BCUT2D eigenvalue weighted by Gasteiger charge is -2.47. The van der Waals surface area contributed by atoms with Crippen LogP contribution in [0.2, 0.25) is 0 Å². The molecule has 10 rings (SSSR count). The molecule has 0 amide bonds. The first-order valence-electron chi connectivity index (χ1n) is 20.3. The van der Waals surface area contributed by atoms with Crippen molar-refractivity contribution < 1.29 is 0 Å². The van der Waals surface area contributed by atoms with Crippen molar-refractivity contribution in [1.82, 2.24) is 15.0 Å². The topological polar surface area (TPSA) is 62.5 Å². The summed E-state index contributed by atoms with van der Waals surface area (Å²) in [5, 5.41) is 12.2. The first kappa shape index (κ1) is 35.5. The van der Waals surface area contributed by atoms with Crippen molar-refractivity contribution in [1.29, 1.82) is 5.26 Å². The number of aromatic nitrogens is 3. The summed E-state index contributed by atoms with van der Waals surface area (Å²) in [4.78, 5) is 14.6. The van der Waals surface area contributed by atoms with Gasteiger partial charge in [-0.25, -0.2) is 15.0 Å². The summed E-state index contributed by atoms with van der Waals surface area (Å²) in [6.07, 6.45) is 3.43. The third-order valence-electron chi connectivity index (χ3n) is 12.8. The van der Waals surface area contributed by atoms with Gasteiger partial charge < -0.3 is 0 Å². The summed E-state index contributed by atoms with van der Waals surface area (Å²) < 4.78 is 0. The van der Waals surface area contributed by atoms with Gasteiger partial charge in [-0.1, -0.05) is 178 Å². The van der Waals surface area contributed by atoms with Crippen molar-refractivity contribution in [2.45, 2.75) is 38.5 Å². The predicted molar refractivity (Wildman–Crippen MR) is 237 cm³/mol. The van der Waals surface area contributed by atoms with Gasteiger partial charge in [0.25, 0.3) is 0 Å². The first-order chi connectivity index (χ1) is 28.5. The van der Waals surface area contributed by atoms with E-state index in [1.54, 1.807) is 6.07 Å². The third-order valence-corrected chi connectivity index (χ3v) is 12.8. The van der Waals surface area contributed by atoms with Gasteiger partial charge in [-0.3, -0.25) is 0 Å². The van der Waals surface area contributed by atoms with Crippen molar-refractivity contribution in [3.8, 4) is 73.6 Å². The number of benzene rings is 7. The molecule has 1 heterocycles. The van der Waals surface area contributed by atoms with Gasteiger partial charge in [-0.2, -0.15) is 5.26 Å². The SMILES string of the molecule is C=C1CC(CC)CC(C)C12c1c(-c3ccc(-c4ccc(-c5nc(-c6ccccc6)nc(-c6cccc(C#N)c6)n5)cc4)cc3)cccc1-c1ccc3ccccc3c12. The van der Waals surface area contributed by atoms with Crippen LogP contribution in [0, 0.1) is 23.2 Å². The standard InChI is InChI=1S/C54H42N4/c1-4-36-30-34(2)54(35(3)31-36)49-46(18-11-19-47(49)48-29-28-40-13-8-9-17-45(40)50(48)54)41-24-20-38(21-25-41)39-22-26-43(27-23-39)52-56-51(42-14-6-5-7-15-42)57-53(58-52)44-16-10-12-37(32-44)33-55/h5-29,32,35-36H,2,4,30-31H2,1,3H3. The fourth-order valence-corrected chi connectivity index (χ4v) is 10.00. The van der Waals surface area contributed by atoms with Gasteiger partial charge in [-0.05, 0) is 92.1 Å². The third kappa shape index (κ3) is 5.69. The van der Waals surface area contributed by atoms with E-state index in [1.165, 1.54) is 62.6 Å². The molecular weight excluding hydrogens is 705 g/mol. The van der Waals surface area contributed by atoms with Crippen molar-refractivity contribution in [2.24, 2.45) is 11.8 Å². The fourth-order valence-electron chi connectivity index (χ4n) is 10.00. The summed E-state index contributed by atoms with van der Waals surface area (Å²) >= 11 is 0. The highest BCUT2D eigenvalue weighted by Crippen LogP contribution is 2.64. The number of rotatable bonds is 6. The van der Waals surface area contributed by atoms with Gasteiger partial charge in [0.15, 0.2) is 17.5 Å². The summed E-state index contributed by atoms with van der Waals surface area (Å²) in [5.74, 6) is 2.77. The Kier molecular flexibility index (Phi) is 8.68. The van der Waals surface area contributed by atoms with Gasteiger partial charge >= 0.3 is 0 Å². The molecule has 278 valence electrons. The lowest BCUT2D eigenvalue weighted by molar-refractivity contribution is 0.250. The Balaban J connectivity index is 1.02. The van der Waals surface area contributed by atoms with Gasteiger partial charge in [0.2, 0.25) is 0 Å². The largest absolute Gasteiger partial charge is 0.208 e. The van der Waals surface area contributed by atoms with E-state index in [2.05, 4.69) is 123 Å². The molecule has 0 N–H and O–H groups in total. The highest BCUT2D eigenvalue weighted by Gasteiger charge is 2.53. The molecule has 1 aromatic heterocycles. The molecule has 4 nitrogen and oxygen atoms in total. The lowest BCUT2D eigenvalue weighted by atomic mass is 9.55. The molecule has 0 bridgehead atoms. The predicted octanol–water partition coefficient (Wildman–Crippen LogP) is 13.5. The average Bonchev–Trinajstić information content (AvgIpc) is 3.60. The molecule has 3 unspecified atom stereocenters. The number of hydrogen-bond donors (Lipinski definition) is 0. The van der Waals surface area contributed by atoms with Crippen molar-refractivity contribution in [3.63, 3.8) is 0 Å². The zero-order chi connectivity index (χ0) is 39.4. The minimum atomic E-state index is -0.254. The Labute approximate surface area is 340 Å². The summed E-state index contributed by atoms with van der Waals surface area (Å²) in [6, 6.07) is 57.6. The maximum Gasteiger partial charge on any atom is 0.164 e. The van der Waals surface area contributed by atoms with E-state index >= 15 is 0 Å². The van der Waals surface area contributed by atoms with Gasteiger partial charge in [0.1, 0.15) is 0 Å². The van der Waals surface area contributed by atoms with Crippen LogP contribution in [0.1, 0.15) is 49.8 Å². The summed E-state index contributed by atoms with van der Waals surface area (Å²) in [7, 11) is 0. The molecular formula is C54H42N4. The summed E-state index contributed by atoms with van der Waals surface area (Å²) in [6.45, 7) is 9.75. The van der Waals surface area contributed by atoms with Crippen LogP contribution in [0.3, 0.4) is 0 Å². The quantitative estimate of drug-likeness (QED) is 0.159. The summed E-state index contributed by atoms with van der Waals surface area (Å²) in [5.41, 5.74) is 14.6. The van der Waals surface area contributed by atoms with Crippen LogP contribution in [0.4, 0.5) is 0 Å². The highest BCUT2D eigenvalue weighted by molar-refractivity contribution is 6.01. The van der Waals surface area contributed by atoms with Gasteiger partial charge in [-0.15, -0.1) is 0 Å². The Bertz CT molecular complexity index is 2920. The van der Waals surface area contributed by atoms with E-state index in [-0.39, 0.29) is 5.41 Å². The molecule has 2 aliphatic carbocycles. The maximum atomic E-state index is 9.55. The van der Waals surface area contributed by atoms with E-state index < -0.39 is 0 Å². The molecule has 1 fully saturated rings. The van der Waals surface area contributed by atoms with Crippen molar-refractivity contribution in [2.75, 3.05) is 0 Å². The molecule has 4 heteroatoms. The molecule has 8 aromatic rings. The normalized spacial score (nSPS) is 18.2. The minimum absolute atomic E-state index is 0.254. The average molecular weight is 747 g/mol. The second-order valence-electron chi connectivity index (χ2n) is 16.0. The minimum Gasteiger partial charge on any atom is -0.208 e. The first-order valence-corrected chi connectivity index (χ1v) is 20.3. The smallest absolute Gasteiger partial charge is 0.164 e. The number of nitrogens with zero attached hydrogens (tertiary/aromatic N) is 4. The van der Waals surface area contributed by atoms with Crippen LogP contribution in [0.5, 0.6) is 0 Å². The lowest BCUT2D eigenvalue weighted by Crippen LogP contribution is -2.41. The van der Waals surface area contributed by atoms with Crippen LogP contribution in [0.15, 0.2) is 170 Å². The molecule has 0 saturated heterocycles. The van der Waals surface area contributed by atoms with Crippen LogP contribution in [-0.4, -0.2) is 15.0 Å². The Morgan fingerprint density at radius 2 is 1.16 bits per heavy atom. The van der Waals surface area contributed by atoms with Crippen LogP contribution >= 0.6 is 0 Å². The van der Waals surface area contributed by atoms with Crippen LogP contribution in [-0.2, 0) is 5.41 Å². The highest BCUT2D eigenvalue weighted by atomic mass is 15.0. The molecule has 2 aliphatic rings. The number of hydrogen-bond acceptors (Lipinski definition) is 4. The Morgan fingerprint density at radius 3 is 1.84 bits per heavy atom. The number of fused-ring (bicyclic) bond motifs is 7. The number of nitriles is 1. The zero-order valence-electron chi connectivity index (χ0n) is 32.8. The van der Waals surface area contributed by atoms with E-state index in [0.717, 1.165) is 34.2 Å². The Hall–Kier alpha value is -6.96. The van der Waals surface area contributed by atoms with Gasteiger partial charge in [0.05, 0.1) is 11.6 Å². The van der Waals surface area contributed by atoms with Crippen molar-refractivity contribution >= 4 is 10.8 Å². The molecule has 1 saturated carbocycles. The van der Waals surface area contributed by atoms with Crippen LogP contribution < -0.4 is 0 Å². The Morgan fingerprint density at radius 1 is 0.586 bits per heavy atom. The van der Waals surface area contributed by atoms with Crippen molar-refractivity contribution in [3.05, 3.63) is 187 Å². The fraction of sp³-hybridized carbons (Fsp3) is 0.148. The number of allylic oxidation sites excluding steroid dienone is 1. The molecule has 3 atom stereocenters. The van der Waals surface area contributed by atoms with E-state index in [1.807, 2.05) is 48.5 Å². The van der Waals surface area contributed by atoms with Gasteiger partial charge in [0, 0.05) is 22.1 Å². The molecule has 0 aliphatic heterocycles. The second kappa shape index (κ2) is 14.2. The van der Waals surface area contributed by atoms with Crippen LogP contribution in [0.25, 0.3) is 78.3 Å². The molecule has 58 heavy (non-hydrogen) atoms. The molecule has 1 spiro atoms. The zero-order valence-corrected chi connectivity index (χ0v) is 32.8. The molecule has 0 radical (unpaired) electrons. The second-order valence-corrected chi connectivity index (χ2v) is 16.0. The monoisotopic (exact) mass is 746 g/mol. The van der Waals surface area contributed by atoms with E-state index in [9.17, 15) is 5.26 Å².